The predicted octanol–water partition coefficient (Wildman–Crippen LogP) is 2.24. The van der Waals surface area contributed by atoms with Crippen LogP contribution in [0.4, 0.5) is 17.5 Å². The Balaban J connectivity index is 1.67. The van der Waals surface area contributed by atoms with Gasteiger partial charge in [0.2, 0.25) is 5.95 Å². The Kier molecular flexibility index (Phi) is 4.06. The van der Waals surface area contributed by atoms with Gasteiger partial charge in [0.1, 0.15) is 5.82 Å². The summed E-state index contributed by atoms with van der Waals surface area (Å²) in [5.74, 6) is 1.42. The third-order valence-corrected chi connectivity index (χ3v) is 3.89. The zero-order chi connectivity index (χ0) is 14.7. The molecule has 0 saturated heterocycles. The van der Waals surface area contributed by atoms with Crippen LogP contribution >= 0.6 is 0 Å². The Morgan fingerprint density at radius 2 is 2.14 bits per heavy atom. The highest BCUT2D eigenvalue weighted by Gasteiger charge is 2.22. The van der Waals surface area contributed by atoms with Crippen LogP contribution in [-0.4, -0.2) is 26.6 Å². The Morgan fingerprint density at radius 3 is 2.90 bits per heavy atom. The third kappa shape index (κ3) is 3.52. The van der Waals surface area contributed by atoms with Gasteiger partial charge < -0.3 is 20.9 Å². The van der Waals surface area contributed by atoms with Crippen molar-refractivity contribution in [1.29, 1.82) is 0 Å². The van der Waals surface area contributed by atoms with E-state index in [0.29, 0.717) is 5.95 Å². The molecule has 6 heteroatoms. The van der Waals surface area contributed by atoms with Crippen molar-refractivity contribution in [1.82, 2.24) is 14.5 Å². The average molecular weight is 286 g/mol. The molecule has 0 unspecified atom stereocenters. The molecule has 2 aromatic heterocycles. The molecule has 2 heterocycles. The van der Waals surface area contributed by atoms with E-state index < -0.39 is 0 Å². The number of hydrogen-bond donors (Lipinski definition) is 3. The van der Waals surface area contributed by atoms with E-state index in [1.807, 2.05) is 36.1 Å². The number of hydrogen-bond acceptors (Lipinski definition) is 5. The molecule has 1 aliphatic carbocycles. The SMILES string of the molecule is Cn1ccc(Nc2ccnc(N[C@@H]3CCCC[C@@H]3N)n2)c1. The van der Waals surface area contributed by atoms with Crippen LogP contribution in [0.5, 0.6) is 0 Å². The average Bonchev–Trinajstić information content (AvgIpc) is 2.87. The van der Waals surface area contributed by atoms with E-state index in [1.54, 1.807) is 6.20 Å². The minimum Gasteiger partial charge on any atom is -0.355 e. The smallest absolute Gasteiger partial charge is 0.224 e. The minimum absolute atomic E-state index is 0.188. The summed E-state index contributed by atoms with van der Waals surface area (Å²) in [6.07, 6.45) is 10.3. The molecule has 0 aliphatic heterocycles. The number of aryl methyl sites for hydroxylation is 1. The fourth-order valence-corrected chi connectivity index (χ4v) is 2.73. The van der Waals surface area contributed by atoms with Crippen LogP contribution < -0.4 is 16.4 Å². The number of rotatable bonds is 4. The van der Waals surface area contributed by atoms with Crippen molar-refractivity contribution in [3.05, 3.63) is 30.7 Å². The van der Waals surface area contributed by atoms with Gasteiger partial charge in [0.05, 0.1) is 5.69 Å². The largest absolute Gasteiger partial charge is 0.355 e. The first-order valence-corrected chi connectivity index (χ1v) is 7.45. The van der Waals surface area contributed by atoms with E-state index in [1.165, 1.54) is 12.8 Å². The zero-order valence-corrected chi connectivity index (χ0v) is 12.3. The summed E-state index contributed by atoms with van der Waals surface area (Å²) in [6, 6.07) is 4.32. The van der Waals surface area contributed by atoms with Gasteiger partial charge in [-0.2, -0.15) is 4.98 Å². The van der Waals surface area contributed by atoms with E-state index in [-0.39, 0.29) is 12.1 Å². The molecule has 0 amide bonds. The summed E-state index contributed by atoms with van der Waals surface area (Å²) in [4.78, 5) is 8.80. The van der Waals surface area contributed by atoms with Gasteiger partial charge in [-0.05, 0) is 25.0 Å². The number of anilines is 3. The lowest BCUT2D eigenvalue weighted by molar-refractivity contribution is 0.402. The summed E-state index contributed by atoms with van der Waals surface area (Å²) < 4.78 is 1.99. The van der Waals surface area contributed by atoms with Crippen LogP contribution in [0.2, 0.25) is 0 Å². The van der Waals surface area contributed by atoms with Gasteiger partial charge in [-0.3, -0.25) is 0 Å². The number of nitrogens with zero attached hydrogens (tertiary/aromatic N) is 3. The van der Waals surface area contributed by atoms with Crippen LogP contribution in [0, 0.1) is 0 Å². The molecule has 112 valence electrons. The molecule has 6 nitrogen and oxygen atoms in total. The first kappa shape index (κ1) is 13.9. The van der Waals surface area contributed by atoms with Crippen LogP contribution in [-0.2, 0) is 7.05 Å². The minimum atomic E-state index is 0.188. The molecule has 2 atom stereocenters. The maximum absolute atomic E-state index is 6.15. The zero-order valence-electron chi connectivity index (χ0n) is 12.3. The fourth-order valence-electron chi connectivity index (χ4n) is 2.73. The molecule has 1 aliphatic rings. The highest BCUT2D eigenvalue weighted by atomic mass is 15.2. The quantitative estimate of drug-likeness (QED) is 0.803. The van der Waals surface area contributed by atoms with Crippen molar-refractivity contribution < 1.29 is 0 Å². The van der Waals surface area contributed by atoms with Crippen LogP contribution in [0.15, 0.2) is 30.7 Å². The lowest BCUT2D eigenvalue weighted by Gasteiger charge is -2.29. The van der Waals surface area contributed by atoms with Crippen molar-refractivity contribution in [3.63, 3.8) is 0 Å². The van der Waals surface area contributed by atoms with E-state index >= 15 is 0 Å². The van der Waals surface area contributed by atoms with E-state index in [9.17, 15) is 0 Å². The molecule has 0 aromatic carbocycles. The second-order valence-corrected chi connectivity index (χ2v) is 5.66. The summed E-state index contributed by atoms with van der Waals surface area (Å²) >= 11 is 0. The summed E-state index contributed by atoms with van der Waals surface area (Å²) in [5, 5.41) is 6.64. The van der Waals surface area contributed by atoms with Crippen molar-refractivity contribution in [2.75, 3.05) is 10.6 Å². The van der Waals surface area contributed by atoms with Crippen LogP contribution in [0.1, 0.15) is 25.7 Å². The lowest BCUT2D eigenvalue weighted by Crippen LogP contribution is -2.42. The number of nitrogens with one attached hydrogen (secondary N) is 2. The monoisotopic (exact) mass is 286 g/mol. The predicted molar refractivity (Wildman–Crippen MR) is 84.6 cm³/mol. The van der Waals surface area contributed by atoms with Gasteiger partial charge in [-0.1, -0.05) is 12.8 Å². The Hall–Kier alpha value is -2.08. The lowest BCUT2D eigenvalue weighted by atomic mass is 9.91. The third-order valence-electron chi connectivity index (χ3n) is 3.89. The Labute approximate surface area is 124 Å². The Bertz CT molecular complexity index is 593. The molecule has 0 bridgehead atoms. The molecule has 4 N–H and O–H groups in total. The van der Waals surface area contributed by atoms with E-state index in [0.717, 1.165) is 24.3 Å². The maximum atomic E-state index is 6.15. The summed E-state index contributed by atoms with van der Waals surface area (Å²) in [5.41, 5.74) is 7.17. The van der Waals surface area contributed by atoms with E-state index in [2.05, 4.69) is 20.6 Å². The highest BCUT2D eigenvalue weighted by molar-refractivity contribution is 5.56. The molecule has 0 spiro atoms. The first-order chi connectivity index (χ1) is 10.2. The molecule has 21 heavy (non-hydrogen) atoms. The van der Waals surface area contributed by atoms with Gasteiger partial charge in [0.15, 0.2) is 0 Å². The van der Waals surface area contributed by atoms with Gasteiger partial charge >= 0.3 is 0 Å². The second-order valence-electron chi connectivity index (χ2n) is 5.66. The van der Waals surface area contributed by atoms with Gasteiger partial charge in [-0.15, -0.1) is 0 Å². The molecular formula is C15H22N6. The molecule has 2 aromatic rings. The standard InChI is InChI=1S/C15H22N6/c1-21-9-7-11(10-21)18-14-6-8-17-15(20-14)19-13-5-3-2-4-12(13)16/h6-10,12-13H,2-5,16H2,1H3,(H2,17,18,19,20)/t12-,13+/m0/s1. The molecule has 1 fully saturated rings. The highest BCUT2D eigenvalue weighted by Crippen LogP contribution is 2.20. The van der Waals surface area contributed by atoms with Gasteiger partial charge in [0, 0.05) is 37.7 Å². The maximum Gasteiger partial charge on any atom is 0.224 e. The van der Waals surface area contributed by atoms with Crippen molar-refractivity contribution in [2.24, 2.45) is 12.8 Å². The van der Waals surface area contributed by atoms with Crippen LogP contribution in [0.3, 0.4) is 0 Å². The normalized spacial score (nSPS) is 22.0. The van der Waals surface area contributed by atoms with Crippen LogP contribution in [0.25, 0.3) is 0 Å². The number of nitrogens with two attached hydrogens (primary N) is 1. The number of aromatic nitrogens is 3. The van der Waals surface area contributed by atoms with Crippen molar-refractivity contribution >= 4 is 17.5 Å². The fraction of sp³-hybridized carbons (Fsp3) is 0.467. The van der Waals surface area contributed by atoms with Gasteiger partial charge in [0.25, 0.3) is 0 Å². The molecular weight excluding hydrogens is 264 g/mol. The molecule has 0 radical (unpaired) electrons. The van der Waals surface area contributed by atoms with E-state index in [4.69, 9.17) is 5.73 Å². The molecule has 3 rings (SSSR count). The van der Waals surface area contributed by atoms with Gasteiger partial charge in [-0.25, -0.2) is 4.98 Å². The second kappa shape index (κ2) is 6.13. The van der Waals surface area contributed by atoms with Crippen molar-refractivity contribution in [3.8, 4) is 0 Å². The Morgan fingerprint density at radius 1 is 1.29 bits per heavy atom. The topological polar surface area (TPSA) is 80.8 Å². The van der Waals surface area contributed by atoms with Crippen molar-refractivity contribution in [2.45, 2.75) is 37.8 Å². The molecule has 1 saturated carbocycles. The summed E-state index contributed by atoms with van der Waals surface area (Å²) in [6.45, 7) is 0. The first-order valence-electron chi connectivity index (χ1n) is 7.45. The summed E-state index contributed by atoms with van der Waals surface area (Å²) in [7, 11) is 1.99.